The zero-order valence-corrected chi connectivity index (χ0v) is 23.0. The number of esters is 1. The van der Waals surface area contributed by atoms with Crippen LogP contribution in [0.4, 0.5) is 4.79 Å². The Kier molecular flexibility index (Phi) is 12.7. The van der Waals surface area contributed by atoms with Gasteiger partial charge in [-0.2, -0.15) is 0 Å². The number of benzene rings is 3. The van der Waals surface area contributed by atoms with Gasteiger partial charge in [-0.15, -0.1) is 0 Å². The van der Waals surface area contributed by atoms with E-state index in [9.17, 15) is 19.2 Å². The monoisotopic (exact) mass is 559 g/mol. The molecule has 0 atom stereocenters. The summed E-state index contributed by atoms with van der Waals surface area (Å²) < 4.78 is 5.33. The Hall–Kier alpha value is -4.17. The minimum absolute atomic E-state index is 0.259. The van der Waals surface area contributed by atoms with E-state index in [1.54, 1.807) is 30.3 Å². The number of carbonyl (C=O) groups excluding carboxylic acids is 3. The van der Waals surface area contributed by atoms with E-state index < -0.39 is 11.9 Å². The lowest BCUT2D eigenvalue weighted by atomic mass is 10.1. The van der Waals surface area contributed by atoms with Crippen LogP contribution in [0.5, 0.6) is 5.75 Å². The Balaban J connectivity index is 0.000000285. The first-order valence-corrected chi connectivity index (χ1v) is 14.1. The van der Waals surface area contributed by atoms with Gasteiger partial charge in [-0.1, -0.05) is 72.8 Å². The summed E-state index contributed by atoms with van der Waals surface area (Å²) in [5.74, 6) is -0.889. The van der Waals surface area contributed by atoms with Gasteiger partial charge >= 0.3 is 11.9 Å². The van der Waals surface area contributed by atoms with Gasteiger partial charge in [0.15, 0.2) is 0 Å². The minimum atomic E-state index is -0.701. The highest BCUT2D eigenvalue weighted by Gasteiger charge is 2.24. The first kappa shape index (κ1) is 30.4. The first-order valence-electron chi connectivity index (χ1n) is 13.2. The number of thioether (sulfide) groups is 1. The van der Waals surface area contributed by atoms with E-state index in [1.165, 1.54) is 11.1 Å². The molecule has 0 spiro atoms. The number of hydrogen-bond acceptors (Lipinski definition) is 6. The molecule has 0 bridgehead atoms. The van der Waals surface area contributed by atoms with Gasteiger partial charge in [0, 0.05) is 12.8 Å². The highest BCUT2D eigenvalue weighted by Crippen LogP contribution is 2.26. The molecule has 0 aliphatic carbocycles. The molecule has 1 saturated heterocycles. The summed E-state index contributed by atoms with van der Waals surface area (Å²) >= 11 is 0.869. The molecule has 8 heteroatoms. The molecule has 1 fully saturated rings. The predicted octanol–water partition coefficient (Wildman–Crippen LogP) is 6.81. The summed E-state index contributed by atoms with van der Waals surface area (Å²) in [6.45, 7) is 0. The van der Waals surface area contributed by atoms with Gasteiger partial charge < -0.3 is 9.84 Å². The van der Waals surface area contributed by atoms with Crippen LogP contribution in [0, 0.1) is 0 Å². The molecule has 2 N–H and O–H groups in total. The number of aryl methyl sites for hydroxylation is 2. The zero-order chi connectivity index (χ0) is 28.6. The van der Waals surface area contributed by atoms with Crippen LogP contribution in [-0.2, 0) is 27.2 Å². The van der Waals surface area contributed by atoms with Gasteiger partial charge in [0.25, 0.3) is 11.1 Å². The quantitative estimate of drug-likeness (QED) is 0.109. The van der Waals surface area contributed by atoms with Crippen molar-refractivity contribution in [3.63, 3.8) is 0 Å². The van der Waals surface area contributed by atoms with Crippen LogP contribution in [0.1, 0.15) is 55.2 Å². The van der Waals surface area contributed by atoms with E-state index in [2.05, 4.69) is 29.6 Å². The second-order valence-electron chi connectivity index (χ2n) is 9.17. The van der Waals surface area contributed by atoms with Crippen LogP contribution >= 0.6 is 11.8 Å². The average Bonchev–Trinajstić information content (AvgIpc) is 3.27. The lowest BCUT2D eigenvalue weighted by Crippen LogP contribution is -2.17. The lowest BCUT2D eigenvalue weighted by molar-refractivity contribution is -0.137. The molecule has 0 saturated carbocycles. The van der Waals surface area contributed by atoms with E-state index in [0.29, 0.717) is 17.1 Å². The topological polar surface area (TPSA) is 110 Å². The van der Waals surface area contributed by atoms with Crippen molar-refractivity contribution in [2.24, 2.45) is 0 Å². The normalized spacial score (nSPS) is 13.3. The van der Waals surface area contributed by atoms with Crippen molar-refractivity contribution in [2.45, 2.75) is 51.4 Å². The average molecular weight is 560 g/mol. The number of rotatable bonds is 12. The summed E-state index contributed by atoms with van der Waals surface area (Å²) in [5, 5.41) is 10.2. The molecule has 1 heterocycles. The van der Waals surface area contributed by atoms with E-state index in [1.807, 2.05) is 36.4 Å². The molecule has 0 aromatic heterocycles. The van der Waals surface area contributed by atoms with Crippen molar-refractivity contribution in [1.29, 1.82) is 0 Å². The van der Waals surface area contributed by atoms with E-state index in [4.69, 9.17) is 9.84 Å². The van der Waals surface area contributed by atoms with Gasteiger partial charge in [-0.3, -0.25) is 24.5 Å². The first-order chi connectivity index (χ1) is 19.4. The SMILES string of the molecule is O=C(CCCCc1ccccc1)Oc1ccc(/C=C2\SC(=O)NC2=O)cc1.O=C(O)CCCCc1ccccc1. The number of hydrogen-bond donors (Lipinski definition) is 2. The smallest absolute Gasteiger partial charge is 0.311 e. The van der Waals surface area contributed by atoms with Gasteiger partial charge in [-0.25, -0.2) is 0 Å². The highest BCUT2D eigenvalue weighted by molar-refractivity contribution is 8.18. The number of carbonyl (C=O) groups is 4. The molecule has 2 amide bonds. The molecular formula is C32H33NO6S. The summed E-state index contributed by atoms with van der Waals surface area (Å²) in [7, 11) is 0. The minimum Gasteiger partial charge on any atom is -0.481 e. The van der Waals surface area contributed by atoms with Crippen molar-refractivity contribution in [1.82, 2.24) is 5.32 Å². The van der Waals surface area contributed by atoms with E-state index in [0.717, 1.165) is 55.9 Å². The number of nitrogens with one attached hydrogen (secondary N) is 1. The Bertz CT molecular complexity index is 1290. The number of unbranched alkanes of at least 4 members (excludes halogenated alkanes) is 2. The molecule has 4 rings (SSSR count). The summed E-state index contributed by atoms with van der Waals surface area (Å²) in [4.78, 5) is 45.2. The Labute approximate surface area is 238 Å². The number of amides is 2. The van der Waals surface area contributed by atoms with Gasteiger partial charge in [-0.05, 0) is 85.2 Å². The van der Waals surface area contributed by atoms with E-state index >= 15 is 0 Å². The zero-order valence-electron chi connectivity index (χ0n) is 22.2. The third-order valence-corrected chi connectivity index (χ3v) is 6.75. The molecule has 3 aromatic rings. The van der Waals surface area contributed by atoms with Gasteiger partial charge in [0.1, 0.15) is 5.75 Å². The van der Waals surface area contributed by atoms with Crippen LogP contribution in [-0.4, -0.2) is 28.2 Å². The third kappa shape index (κ3) is 11.7. The maximum atomic E-state index is 11.9. The highest BCUT2D eigenvalue weighted by atomic mass is 32.2. The number of carboxylic acid groups (broad SMARTS) is 1. The molecular weight excluding hydrogens is 526 g/mol. The molecule has 0 radical (unpaired) electrons. The van der Waals surface area contributed by atoms with Crippen molar-refractivity contribution >= 4 is 40.9 Å². The van der Waals surface area contributed by atoms with Crippen LogP contribution in [0.3, 0.4) is 0 Å². The Morgan fingerprint density at radius 1 is 0.750 bits per heavy atom. The molecule has 1 aliphatic rings. The second kappa shape index (κ2) is 16.7. The second-order valence-corrected chi connectivity index (χ2v) is 10.2. The van der Waals surface area contributed by atoms with E-state index in [-0.39, 0.29) is 17.6 Å². The van der Waals surface area contributed by atoms with Crippen molar-refractivity contribution in [3.05, 3.63) is 107 Å². The molecule has 3 aromatic carbocycles. The van der Waals surface area contributed by atoms with Gasteiger partial charge in [0.05, 0.1) is 4.91 Å². The van der Waals surface area contributed by atoms with Crippen molar-refractivity contribution in [2.75, 3.05) is 0 Å². The Morgan fingerprint density at radius 3 is 1.80 bits per heavy atom. The largest absolute Gasteiger partial charge is 0.481 e. The molecule has 40 heavy (non-hydrogen) atoms. The van der Waals surface area contributed by atoms with Crippen LogP contribution in [0.25, 0.3) is 6.08 Å². The summed E-state index contributed by atoms with van der Waals surface area (Å²) in [6.07, 6.45) is 7.65. The van der Waals surface area contributed by atoms with Crippen LogP contribution in [0.15, 0.2) is 89.8 Å². The fourth-order valence-electron chi connectivity index (χ4n) is 3.88. The third-order valence-electron chi connectivity index (χ3n) is 5.94. The number of carboxylic acids is 1. The predicted molar refractivity (Wildman–Crippen MR) is 157 cm³/mol. The molecule has 208 valence electrons. The molecule has 0 unspecified atom stereocenters. The Morgan fingerprint density at radius 2 is 1.30 bits per heavy atom. The number of aliphatic carboxylic acids is 1. The lowest BCUT2D eigenvalue weighted by Gasteiger charge is -2.05. The van der Waals surface area contributed by atoms with Crippen molar-refractivity contribution < 1.29 is 29.0 Å². The number of ether oxygens (including phenoxy) is 1. The maximum Gasteiger partial charge on any atom is 0.311 e. The molecule has 7 nitrogen and oxygen atoms in total. The molecule has 1 aliphatic heterocycles. The maximum absolute atomic E-state index is 11.9. The van der Waals surface area contributed by atoms with Crippen LogP contribution < -0.4 is 10.1 Å². The van der Waals surface area contributed by atoms with Gasteiger partial charge in [0.2, 0.25) is 0 Å². The standard InChI is InChI=1S/C21H19NO4S.C11H14O2/c23-19(9-5-4-8-15-6-2-1-3-7-15)26-17-12-10-16(11-13-17)14-18-20(24)22-21(25)27-18;12-11(13)9-5-4-8-10-6-2-1-3-7-10/h1-3,6-7,10-14H,4-5,8-9H2,(H,22,24,25);1-3,6-7H,4-5,8-9H2,(H,12,13)/b18-14-;. The fourth-order valence-corrected chi connectivity index (χ4v) is 4.56. The number of imide groups is 1. The van der Waals surface area contributed by atoms with Crippen molar-refractivity contribution in [3.8, 4) is 5.75 Å². The van der Waals surface area contributed by atoms with Crippen LogP contribution in [0.2, 0.25) is 0 Å². The summed E-state index contributed by atoms with van der Waals surface area (Å²) in [6, 6.07) is 27.1. The summed E-state index contributed by atoms with van der Waals surface area (Å²) in [5.41, 5.74) is 3.31. The fraction of sp³-hybridized carbons (Fsp3) is 0.250.